The first-order valence-electron chi connectivity index (χ1n) is 6.41. The highest BCUT2D eigenvalue weighted by atomic mass is 14.5. The van der Waals surface area contributed by atoms with Gasteiger partial charge in [0.15, 0.2) is 0 Å². The molecule has 0 aromatic heterocycles. The van der Waals surface area contributed by atoms with Crippen molar-refractivity contribution in [2.24, 2.45) is 17.6 Å². The Bertz CT molecular complexity index is 306. The number of nitrogens with two attached hydrogens (primary N) is 1. The molecule has 2 atom stereocenters. The van der Waals surface area contributed by atoms with E-state index in [1.807, 2.05) is 0 Å². The van der Waals surface area contributed by atoms with Gasteiger partial charge in [0, 0.05) is 0 Å². The summed E-state index contributed by atoms with van der Waals surface area (Å²) in [7, 11) is 0. The van der Waals surface area contributed by atoms with Crippen LogP contribution in [0, 0.1) is 18.8 Å². The van der Waals surface area contributed by atoms with Gasteiger partial charge in [0.25, 0.3) is 0 Å². The molecule has 16 heavy (non-hydrogen) atoms. The molecule has 1 nitrogen and oxygen atoms in total. The third-order valence-electron chi connectivity index (χ3n) is 3.37. The maximum Gasteiger partial charge on any atom is -0.00456 e. The summed E-state index contributed by atoms with van der Waals surface area (Å²) in [5.74, 6) is 1.43. The van der Waals surface area contributed by atoms with Crippen molar-refractivity contribution < 1.29 is 0 Å². The predicted octanol–water partition coefficient (Wildman–Crippen LogP) is 3.55. The minimum Gasteiger partial charge on any atom is -0.330 e. The average Bonchev–Trinajstić information content (AvgIpc) is 2.28. The van der Waals surface area contributed by atoms with Crippen molar-refractivity contribution in [1.29, 1.82) is 0 Å². The van der Waals surface area contributed by atoms with Crippen LogP contribution in [0.1, 0.15) is 37.8 Å². The van der Waals surface area contributed by atoms with Gasteiger partial charge in [-0.3, -0.25) is 0 Å². The molecule has 0 spiro atoms. The molecule has 90 valence electrons. The lowest BCUT2D eigenvalue weighted by atomic mass is 9.89. The van der Waals surface area contributed by atoms with Crippen molar-refractivity contribution in [3.8, 4) is 0 Å². The van der Waals surface area contributed by atoms with Crippen molar-refractivity contribution in [3.63, 3.8) is 0 Å². The highest BCUT2D eigenvalue weighted by Crippen LogP contribution is 2.19. The lowest BCUT2D eigenvalue weighted by Crippen LogP contribution is -2.19. The number of benzene rings is 1. The topological polar surface area (TPSA) is 26.0 Å². The average molecular weight is 219 g/mol. The first-order chi connectivity index (χ1) is 7.65. The van der Waals surface area contributed by atoms with Crippen LogP contribution in [-0.4, -0.2) is 6.54 Å². The van der Waals surface area contributed by atoms with E-state index in [1.165, 1.54) is 24.0 Å². The van der Waals surface area contributed by atoms with Gasteiger partial charge in [0.2, 0.25) is 0 Å². The van der Waals surface area contributed by atoms with Crippen LogP contribution in [0.2, 0.25) is 0 Å². The minimum atomic E-state index is 0.636. The maximum atomic E-state index is 5.86. The van der Waals surface area contributed by atoms with E-state index in [9.17, 15) is 0 Å². The molecule has 2 N–H and O–H groups in total. The molecule has 2 unspecified atom stereocenters. The smallest absolute Gasteiger partial charge is 0.00456 e. The van der Waals surface area contributed by atoms with Crippen LogP contribution in [0.3, 0.4) is 0 Å². The van der Waals surface area contributed by atoms with E-state index < -0.39 is 0 Å². The summed E-state index contributed by atoms with van der Waals surface area (Å²) in [5.41, 5.74) is 8.64. The van der Waals surface area contributed by atoms with Gasteiger partial charge in [0.1, 0.15) is 0 Å². The SMILES string of the molecule is CCC(C)CC(CN)Cc1cccc(C)c1. The molecule has 0 heterocycles. The summed E-state index contributed by atoms with van der Waals surface area (Å²) in [5, 5.41) is 0. The molecule has 0 aliphatic heterocycles. The van der Waals surface area contributed by atoms with E-state index in [4.69, 9.17) is 5.73 Å². The van der Waals surface area contributed by atoms with E-state index >= 15 is 0 Å². The zero-order chi connectivity index (χ0) is 12.0. The Balaban J connectivity index is 2.56. The molecule has 0 amide bonds. The number of hydrogen-bond donors (Lipinski definition) is 1. The van der Waals surface area contributed by atoms with Gasteiger partial charge < -0.3 is 5.73 Å². The minimum absolute atomic E-state index is 0.636. The van der Waals surface area contributed by atoms with Gasteiger partial charge in [-0.1, -0.05) is 50.1 Å². The molecule has 0 bridgehead atoms. The molecule has 1 aromatic rings. The third kappa shape index (κ3) is 4.36. The molecule has 1 heteroatoms. The van der Waals surface area contributed by atoms with E-state index in [2.05, 4.69) is 45.0 Å². The van der Waals surface area contributed by atoms with Gasteiger partial charge in [-0.05, 0) is 43.7 Å². The van der Waals surface area contributed by atoms with Crippen molar-refractivity contribution >= 4 is 0 Å². The van der Waals surface area contributed by atoms with E-state index in [-0.39, 0.29) is 0 Å². The molecule has 0 saturated heterocycles. The third-order valence-corrected chi connectivity index (χ3v) is 3.37. The van der Waals surface area contributed by atoms with Gasteiger partial charge >= 0.3 is 0 Å². The molecular formula is C15H25N. The van der Waals surface area contributed by atoms with E-state index in [1.54, 1.807) is 0 Å². The largest absolute Gasteiger partial charge is 0.330 e. The summed E-state index contributed by atoms with van der Waals surface area (Å²) in [6.07, 6.45) is 3.63. The van der Waals surface area contributed by atoms with Crippen LogP contribution in [0.25, 0.3) is 0 Å². The monoisotopic (exact) mass is 219 g/mol. The van der Waals surface area contributed by atoms with Gasteiger partial charge in [-0.2, -0.15) is 0 Å². The standard InChI is InChI=1S/C15H25N/c1-4-12(2)8-15(11-16)10-14-7-5-6-13(3)9-14/h5-7,9,12,15H,4,8,10-11,16H2,1-3H3. The van der Waals surface area contributed by atoms with Gasteiger partial charge in [-0.25, -0.2) is 0 Å². The number of aryl methyl sites for hydroxylation is 1. The molecule has 0 fully saturated rings. The number of hydrogen-bond acceptors (Lipinski definition) is 1. The summed E-state index contributed by atoms with van der Waals surface area (Å²) >= 11 is 0. The Hall–Kier alpha value is -0.820. The number of rotatable bonds is 6. The van der Waals surface area contributed by atoms with Crippen LogP contribution in [-0.2, 0) is 6.42 Å². The fourth-order valence-corrected chi connectivity index (χ4v) is 2.17. The normalized spacial score (nSPS) is 14.8. The van der Waals surface area contributed by atoms with Crippen LogP contribution in [0.5, 0.6) is 0 Å². The summed E-state index contributed by atoms with van der Waals surface area (Å²) in [6, 6.07) is 8.78. The molecule has 1 aromatic carbocycles. The fourth-order valence-electron chi connectivity index (χ4n) is 2.17. The summed E-state index contributed by atoms with van der Waals surface area (Å²) in [6.45, 7) is 7.53. The molecule has 0 saturated carbocycles. The predicted molar refractivity (Wildman–Crippen MR) is 71.5 cm³/mol. The summed E-state index contributed by atoms with van der Waals surface area (Å²) in [4.78, 5) is 0. The van der Waals surface area contributed by atoms with Gasteiger partial charge in [0.05, 0.1) is 0 Å². The molecular weight excluding hydrogens is 194 g/mol. The first-order valence-corrected chi connectivity index (χ1v) is 6.41. The Labute approximate surface area is 100 Å². The zero-order valence-corrected chi connectivity index (χ0v) is 10.9. The quantitative estimate of drug-likeness (QED) is 0.778. The van der Waals surface area contributed by atoms with E-state index in [0.29, 0.717) is 5.92 Å². The highest BCUT2D eigenvalue weighted by molar-refractivity contribution is 5.22. The fraction of sp³-hybridized carbons (Fsp3) is 0.600. The van der Waals surface area contributed by atoms with Crippen LogP contribution in [0.15, 0.2) is 24.3 Å². The lowest BCUT2D eigenvalue weighted by Gasteiger charge is -2.18. The Morgan fingerprint density at radius 2 is 2.06 bits per heavy atom. The molecule has 0 aliphatic carbocycles. The van der Waals surface area contributed by atoms with E-state index in [0.717, 1.165) is 18.9 Å². The second-order valence-electron chi connectivity index (χ2n) is 5.04. The van der Waals surface area contributed by atoms with Crippen LogP contribution >= 0.6 is 0 Å². The maximum absolute atomic E-state index is 5.86. The van der Waals surface area contributed by atoms with Crippen LogP contribution in [0.4, 0.5) is 0 Å². The zero-order valence-electron chi connectivity index (χ0n) is 10.9. The Kier molecular flexibility index (Phi) is 5.54. The van der Waals surface area contributed by atoms with Crippen molar-refractivity contribution in [2.45, 2.75) is 40.0 Å². The highest BCUT2D eigenvalue weighted by Gasteiger charge is 2.11. The molecule has 0 radical (unpaired) electrons. The second kappa shape index (κ2) is 6.70. The van der Waals surface area contributed by atoms with Crippen LogP contribution < -0.4 is 5.73 Å². The van der Waals surface area contributed by atoms with Crippen molar-refractivity contribution in [2.75, 3.05) is 6.54 Å². The Morgan fingerprint density at radius 1 is 1.31 bits per heavy atom. The Morgan fingerprint density at radius 3 is 2.62 bits per heavy atom. The first kappa shape index (κ1) is 13.2. The summed E-state index contributed by atoms with van der Waals surface area (Å²) < 4.78 is 0. The lowest BCUT2D eigenvalue weighted by molar-refractivity contribution is 0.386. The molecule has 1 rings (SSSR count). The van der Waals surface area contributed by atoms with Crippen molar-refractivity contribution in [1.82, 2.24) is 0 Å². The second-order valence-corrected chi connectivity index (χ2v) is 5.04. The molecule has 0 aliphatic rings. The van der Waals surface area contributed by atoms with Crippen molar-refractivity contribution in [3.05, 3.63) is 35.4 Å². The van der Waals surface area contributed by atoms with Gasteiger partial charge in [-0.15, -0.1) is 0 Å².